The molecule has 1 amide bonds. The van der Waals surface area contributed by atoms with Crippen LogP contribution in [0, 0.1) is 26.7 Å². The first-order valence-electron chi connectivity index (χ1n) is 6.08. The molecule has 1 unspecified atom stereocenters. The average molecular weight is 250 g/mol. The molecule has 0 aliphatic heterocycles. The van der Waals surface area contributed by atoms with Gasteiger partial charge in [-0.15, -0.1) is 0 Å². The summed E-state index contributed by atoms with van der Waals surface area (Å²) in [5.74, 6) is 0.633. The third-order valence-corrected chi connectivity index (χ3v) is 3.29. The maximum Gasteiger partial charge on any atom is 0.228 e. The molecule has 0 aromatic heterocycles. The Bertz CT molecular complexity index is 456. The molecule has 0 heterocycles. The highest BCUT2D eigenvalue weighted by Gasteiger charge is 2.15. The van der Waals surface area contributed by atoms with E-state index in [9.17, 15) is 4.79 Å². The molecule has 1 aromatic rings. The van der Waals surface area contributed by atoms with Gasteiger partial charge in [-0.05, 0) is 43.5 Å². The summed E-state index contributed by atoms with van der Waals surface area (Å²) >= 11 is 0. The monoisotopic (exact) mass is 250 g/mol. The quantitative estimate of drug-likeness (QED) is 0.860. The van der Waals surface area contributed by atoms with Gasteiger partial charge in [0.1, 0.15) is 5.75 Å². The molecule has 0 aliphatic carbocycles. The van der Waals surface area contributed by atoms with Crippen LogP contribution in [0.2, 0.25) is 0 Å². The topological polar surface area (TPSA) is 64.3 Å². The van der Waals surface area contributed by atoms with Crippen LogP contribution in [0.4, 0.5) is 5.69 Å². The fraction of sp³-hybridized carbons (Fsp3) is 0.500. The summed E-state index contributed by atoms with van der Waals surface area (Å²) in [6.07, 6.45) is 0. The molecule has 0 fully saturated rings. The van der Waals surface area contributed by atoms with Crippen LogP contribution in [-0.2, 0) is 4.79 Å². The normalized spacial score (nSPS) is 12.1. The number of anilines is 1. The standard InChI is InChI=1S/C14H22N2O2/c1-8-6-12(16-14(17)9(2)7-15)10(3)11(4)13(8)18-5/h6,9H,7,15H2,1-5H3,(H,16,17). The Morgan fingerprint density at radius 2 is 2.00 bits per heavy atom. The molecule has 100 valence electrons. The molecule has 0 saturated heterocycles. The second-order valence-electron chi connectivity index (χ2n) is 4.65. The Morgan fingerprint density at radius 3 is 2.50 bits per heavy atom. The Labute approximate surface area is 109 Å². The minimum Gasteiger partial charge on any atom is -0.496 e. The molecule has 1 rings (SSSR count). The van der Waals surface area contributed by atoms with E-state index in [-0.39, 0.29) is 11.8 Å². The Hall–Kier alpha value is -1.55. The fourth-order valence-electron chi connectivity index (χ4n) is 1.87. The van der Waals surface area contributed by atoms with Gasteiger partial charge >= 0.3 is 0 Å². The van der Waals surface area contributed by atoms with Gasteiger partial charge in [-0.3, -0.25) is 4.79 Å². The highest BCUT2D eigenvalue weighted by atomic mass is 16.5. The van der Waals surface area contributed by atoms with E-state index in [1.54, 1.807) is 7.11 Å². The van der Waals surface area contributed by atoms with E-state index in [0.29, 0.717) is 6.54 Å². The zero-order chi connectivity index (χ0) is 13.9. The van der Waals surface area contributed by atoms with Crippen LogP contribution >= 0.6 is 0 Å². The van der Waals surface area contributed by atoms with Gasteiger partial charge in [-0.1, -0.05) is 6.92 Å². The number of aryl methyl sites for hydroxylation is 1. The number of benzene rings is 1. The Balaban J connectivity index is 3.08. The second kappa shape index (κ2) is 5.87. The van der Waals surface area contributed by atoms with Crippen molar-refractivity contribution < 1.29 is 9.53 Å². The Kier molecular flexibility index (Phi) is 4.73. The number of hydrogen-bond acceptors (Lipinski definition) is 3. The lowest BCUT2D eigenvalue weighted by Gasteiger charge is -2.17. The predicted octanol–water partition coefficient (Wildman–Crippen LogP) is 2.15. The van der Waals surface area contributed by atoms with E-state index in [4.69, 9.17) is 10.5 Å². The summed E-state index contributed by atoms with van der Waals surface area (Å²) in [6, 6.07) is 1.93. The van der Waals surface area contributed by atoms with Crippen LogP contribution in [-0.4, -0.2) is 19.6 Å². The lowest BCUT2D eigenvalue weighted by molar-refractivity contribution is -0.119. The lowest BCUT2D eigenvalue weighted by atomic mass is 10.0. The molecule has 0 spiro atoms. The van der Waals surface area contributed by atoms with Crippen LogP contribution in [0.1, 0.15) is 23.6 Å². The van der Waals surface area contributed by atoms with Crippen molar-refractivity contribution in [1.82, 2.24) is 0 Å². The van der Waals surface area contributed by atoms with Gasteiger partial charge in [0.05, 0.1) is 7.11 Å². The average Bonchev–Trinajstić information content (AvgIpc) is 2.35. The highest BCUT2D eigenvalue weighted by Crippen LogP contribution is 2.31. The first-order valence-corrected chi connectivity index (χ1v) is 6.08. The number of nitrogens with one attached hydrogen (secondary N) is 1. The van der Waals surface area contributed by atoms with Gasteiger partial charge in [-0.2, -0.15) is 0 Å². The highest BCUT2D eigenvalue weighted by molar-refractivity contribution is 5.93. The number of carbonyl (C=O) groups excluding carboxylic acids is 1. The van der Waals surface area contributed by atoms with Gasteiger partial charge in [-0.25, -0.2) is 0 Å². The molecule has 0 saturated carbocycles. The van der Waals surface area contributed by atoms with Crippen molar-refractivity contribution in [2.75, 3.05) is 19.0 Å². The van der Waals surface area contributed by atoms with Gasteiger partial charge < -0.3 is 15.8 Å². The van der Waals surface area contributed by atoms with Crippen LogP contribution in [0.15, 0.2) is 6.07 Å². The SMILES string of the molecule is COc1c(C)cc(NC(=O)C(C)CN)c(C)c1C. The van der Waals surface area contributed by atoms with E-state index in [1.165, 1.54) is 0 Å². The van der Waals surface area contributed by atoms with E-state index in [2.05, 4.69) is 5.32 Å². The molecule has 0 radical (unpaired) electrons. The molecule has 4 heteroatoms. The van der Waals surface area contributed by atoms with Gasteiger partial charge in [0.15, 0.2) is 0 Å². The molecule has 18 heavy (non-hydrogen) atoms. The van der Waals surface area contributed by atoms with E-state index in [1.807, 2.05) is 33.8 Å². The minimum atomic E-state index is -0.188. The van der Waals surface area contributed by atoms with E-state index >= 15 is 0 Å². The summed E-state index contributed by atoms with van der Waals surface area (Å²) in [5.41, 5.74) is 9.40. The minimum absolute atomic E-state index is 0.0513. The van der Waals surface area contributed by atoms with Gasteiger partial charge in [0, 0.05) is 18.2 Å². The molecular weight excluding hydrogens is 228 g/mol. The maximum absolute atomic E-state index is 11.9. The van der Waals surface area contributed by atoms with Crippen LogP contribution in [0.25, 0.3) is 0 Å². The molecule has 4 nitrogen and oxygen atoms in total. The molecule has 1 atom stereocenters. The number of carbonyl (C=O) groups is 1. The largest absolute Gasteiger partial charge is 0.496 e. The predicted molar refractivity (Wildman–Crippen MR) is 74.1 cm³/mol. The molecule has 0 aliphatic rings. The number of hydrogen-bond donors (Lipinski definition) is 2. The molecular formula is C14H22N2O2. The summed E-state index contributed by atoms with van der Waals surface area (Å²) in [5, 5.41) is 2.92. The van der Waals surface area contributed by atoms with Crippen LogP contribution in [0.3, 0.4) is 0 Å². The number of methoxy groups -OCH3 is 1. The van der Waals surface area contributed by atoms with E-state index in [0.717, 1.165) is 28.1 Å². The number of nitrogens with two attached hydrogens (primary N) is 1. The third-order valence-electron chi connectivity index (χ3n) is 3.29. The molecule has 1 aromatic carbocycles. The second-order valence-corrected chi connectivity index (χ2v) is 4.65. The first-order chi connectivity index (χ1) is 8.42. The van der Waals surface area contributed by atoms with Crippen molar-refractivity contribution in [3.63, 3.8) is 0 Å². The van der Waals surface area contributed by atoms with Crippen LogP contribution in [0.5, 0.6) is 5.75 Å². The molecule has 3 N–H and O–H groups in total. The zero-order valence-corrected chi connectivity index (χ0v) is 11.8. The van der Waals surface area contributed by atoms with Crippen LogP contribution < -0.4 is 15.8 Å². The third kappa shape index (κ3) is 2.82. The van der Waals surface area contributed by atoms with Crippen molar-refractivity contribution in [1.29, 1.82) is 0 Å². The summed E-state index contributed by atoms with van der Waals surface area (Å²) < 4.78 is 5.35. The summed E-state index contributed by atoms with van der Waals surface area (Å²) in [6.45, 7) is 8.09. The molecule has 0 bridgehead atoms. The summed E-state index contributed by atoms with van der Waals surface area (Å²) in [7, 11) is 1.66. The van der Waals surface area contributed by atoms with Crippen molar-refractivity contribution in [3.05, 3.63) is 22.8 Å². The first kappa shape index (κ1) is 14.5. The zero-order valence-electron chi connectivity index (χ0n) is 11.8. The van der Waals surface area contributed by atoms with Crippen molar-refractivity contribution in [3.8, 4) is 5.75 Å². The smallest absolute Gasteiger partial charge is 0.228 e. The fourth-order valence-corrected chi connectivity index (χ4v) is 1.87. The van der Waals surface area contributed by atoms with Crippen molar-refractivity contribution in [2.45, 2.75) is 27.7 Å². The van der Waals surface area contributed by atoms with Crippen molar-refractivity contribution in [2.24, 2.45) is 11.7 Å². The lowest BCUT2D eigenvalue weighted by Crippen LogP contribution is -2.27. The van der Waals surface area contributed by atoms with E-state index < -0.39 is 0 Å². The number of ether oxygens (including phenoxy) is 1. The number of amides is 1. The van der Waals surface area contributed by atoms with Gasteiger partial charge in [0.25, 0.3) is 0 Å². The maximum atomic E-state index is 11.9. The number of rotatable bonds is 4. The Morgan fingerprint density at radius 1 is 1.39 bits per heavy atom. The van der Waals surface area contributed by atoms with Crippen molar-refractivity contribution >= 4 is 11.6 Å². The summed E-state index contributed by atoms with van der Waals surface area (Å²) in [4.78, 5) is 11.9. The van der Waals surface area contributed by atoms with Gasteiger partial charge in [0.2, 0.25) is 5.91 Å².